The maximum atomic E-state index is 5.21. The lowest BCUT2D eigenvalue weighted by atomic mass is 10.3. The maximum absolute atomic E-state index is 5.21. The van der Waals surface area contributed by atoms with E-state index in [2.05, 4.69) is 37.7 Å². The Labute approximate surface area is 121 Å². The summed E-state index contributed by atoms with van der Waals surface area (Å²) in [6.45, 7) is 4.75. The van der Waals surface area contributed by atoms with Crippen molar-refractivity contribution in [2.75, 3.05) is 19.0 Å². The van der Waals surface area contributed by atoms with Gasteiger partial charge in [0.1, 0.15) is 0 Å². The highest BCUT2D eigenvalue weighted by atomic mass is 79.9. The third-order valence-electron chi connectivity index (χ3n) is 2.82. The van der Waals surface area contributed by atoms with E-state index in [0.29, 0.717) is 6.61 Å². The Balaban J connectivity index is 2.24. The average Bonchev–Trinajstić information content (AvgIpc) is 2.70. The molecule has 102 valence electrons. The summed E-state index contributed by atoms with van der Waals surface area (Å²) in [5.41, 5.74) is 1.99. The SMILES string of the molecule is COCC(C)n1cc(C)nc1Nc1cccc(Br)c1. The first-order valence-electron chi connectivity index (χ1n) is 6.17. The fourth-order valence-corrected chi connectivity index (χ4v) is 2.36. The molecule has 1 aromatic carbocycles. The zero-order valence-electron chi connectivity index (χ0n) is 11.4. The molecule has 0 fully saturated rings. The zero-order valence-corrected chi connectivity index (χ0v) is 12.9. The average molecular weight is 324 g/mol. The highest BCUT2D eigenvalue weighted by Crippen LogP contribution is 2.22. The summed E-state index contributed by atoms with van der Waals surface area (Å²) in [6.07, 6.45) is 2.03. The minimum absolute atomic E-state index is 0.237. The van der Waals surface area contributed by atoms with Gasteiger partial charge in [-0.1, -0.05) is 22.0 Å². The third kappa shape index (κ3) is 3.58. The van der Waals surface area contributed by atoms with Gasteiger partial charge in [-0.25, -0.2) is 4.98 Å². The molecular formula is C14H18BrN3O. The minimum Gasteiger partial charge on any atom is -0.383 e. The quantitative estimate of drug-likeness (QED) is 0.906. The van der Waals surface area contributed by atoms with Crippen LogP contribution in [0.3, 0.4) is 0 Å². The number of halogens is 1. The summed E-state index contributed by atoms with van der Waals surface area (Å²) in [5.74, 6) is 0.833. The second kappa shape index (κ2) is 6.21. The number of nitrogens with one attached hydrogen (secondary N) is 1. The van der Waals surface area contributed by atoms with Crippen molar-refractivity contribution >= 4 is 27.6 Å². The van der Waals surface area contributed by atoms with Crippen molar-refractivity contribution < 1.29 is 4.74 Å². The van der Waals surface area contributed by atoms with Gasteiger partial charge in [-0.2, -0.15) is 0 Å². The van der Waals surface area contributed by atoms with Crippen LogP contribution in [0.15, 0.2) is 34.9 Å². The van der Waals surface area contributed by atoms with Gasteiger partial charge in [-0.15, -0.1) is 0 Å². The number of hydrogen-bond acceptors (Lipinski definition) is 3. The maximum Gasteiger partial charge on any atom is 0.207 e. The minimum atomic E-state index is 0.237. The number of imidazole rings is 1. The van der Waals surface area contributed by atoms with E-state index >= 15 is 0 Å². The molecule has 1 heterocycles. The van der Waals surface area contributed by atoms with Crippen molar-refractivity contribution in [1.82, 2.24) is 9.55 Å². The molecule has 19 heavy (non-hydrogen) atoms. The van der Waals surface area contributed by atoms with Crippen molar-refractivity contribution in [2.24, 2.45) is 0 Å². The summed E-state index contributed by atoms with van der Waals surface area (Å²) < 4.78 is 8.34. The van der Waals surface area contributed by atoms with Crippen LogP contribution in [0.25, 0.3) is 0 Å². The van der Waals surface area contributed by atoms with Gasteiger partial charge in [-0.3, -0.25) is 0 Å². The number of nitrogens with zero attached hydrogens (tertiary/aromatic N) is 2. The fraction of sp³-hybridized carbons (Fsp3) is 0.357. The molecule has 0 saturated heterocycles. The highest BCUT2D eigenvalue weighted by molar-refractivity contribution is 9.10. The Morgan fingerprint density at radius 2 is 2.26 bits per heavy atom. The second-order valence-corrected chi connectivity index (χ2v) is 5.47. The number of aryl methyl sites for hydroxylation is 1. The van der Waals surface area contributed by atoms with E-state index in [0.717, 1.165) is 21.8 Å². The van der Waals surface area contributed by atoms with E-state index in [1.54, 1.807) is 7.11 Å². The molecule has 2 rings (SSSR count). The van der Waals surface area contributed by atoms with E-state index in [9.17, 15) is 0 Å². The van der Waals surface area contributed by atoms with Crippen LogP contribution in [0.1, 0.15) is 18.7 Å². The number of rotatable bonds is 5. The molecule has 2 aromatic rings. The van der Waals surface area contributed by atoms with Crippen molar-refractivity contribution in [2.45, 2.75) is 19.9 Å². The van der Waals surface area contributed by atoms with E-state index in [-0.39, 0.29) is 6.04 Å². The van der Waals surface area contributed by atoms with E-state index < -0.39 is 0 Å². The standard InChI is InChI=1S/C14H18BrN3O/c1-10-8-18(11(2)9-19-3)14(16-10)17-13-6-4-5-12(15)7-13/h4-8,11H,9H2,1-3H3,(H,16,17). The number of benzene rings is 1. The van der Waals surface area contributed by atoms with Crippen LogP contribution in [-0.4, -0.2) is 23.3 Å². The van der Waals surface area contributed by atoms with Gasteiger partial charge < -0.3 is 14.6 Å². The van der Waals surface area contributed by atoms with Gasteiger partial charge in [0, 0.05) is 23.5 Å². The van der Waals surface area contributed by atoms with Crippen molar-refractivity contribution in [1.29, 1.82) is 0 Å². The Kier molecular flexibility index (Phi) is 4.61. The third-order valence-corrected chi connectivity index (χ3v) is 3.31. The molecule has 0 bridgehead atoms. The number of methoxy groups -OCH3 is 1. The Morgan fingerprint density at radius 3 is 2.95 bits per heavy atom. The molecule has 1 unspecified atom stereocenters. The molecule has 0 aliphatic carbocycles. The van der Waals surface area contributed by atoms with Crippen LogP contribution < -0.4 is 5.32 Å². The van der Waals surface area contributed by atoms with Gasteiger partial charge in [0.25, 0.3) is 0 Å². The number of hydrogen-bond donors (Lipinski definition) is 1. The molecule has 0 amide bonds. The van der Waals surface area contributed by atoms with Gasteiger partial charge in [0.15, 0.2) is 0 Å². The Hall–Kier alpha value is -1.33. The fourth-order valence-electron chi connectivity index (χ4n) is 1.96. The van der Waals surface area contributed by atoms with Crippen molar-refractivity contribution in [3.63, 3.8) is 0 Å². The molecule has 1 N–H and O–H groups in total. The Morgan fingerprint density at radius 1 is 1.47 bits per heavy atom. The first-order valence-corrected chi connectivity index (χ1v) is 6.96. The van der Waals surface area contributed by atoms with Crippen LogP contribution in [0.4, 0.5) is 11.6 Å². The van der Waals surface area contributed by atoms with Gasteiger partial charge in [0.05, 0.1) is 18.3 Å². The molecule has 0 radical (unpaired) electrons. The summed E-state index contributed by atoms with van der Waals surface area (Å²) in [5, 5.41) is 3.34. The van der Waals surface area contributed by atoms with E-state index in [4.69, 9.17) is 4.74 Å². The van der Waals surface area contributed by atoms with Gasteiger partial charge >= 0.3 is 0 Å². The van der Waals surface area contributed by atoms with Crippen LogP contribution >= 0.6 is 15.9 Å². The molecule has 4 nitrogen and oxygen atoms in total. The first kappa shape index (κ1) is 14.1. The smallest absolute Gasteiger partial charge is 0.207 e. The second-order valence-electron chi connectivity index (χ2n) is 4.55. The van der Waals surface area contributed by atoms with Crippen LogP contribution in [-0.2, 0) is 4.74 Å². The van der Waals surface area contributed by atoms with Crippen LogP contribution in [0.5, 0.6) is 0 Å². The molecule has 5 heteroatoms. The highest BCUT2D eigenvalue weighted by Gasteiger charge is 2.12. The normalized spacial score (nSPS) is 12.4. The lowest BCUT2D eigenvalue weighted by molar-refractivity contribution is 0.163. The summed E-state index contributed by atoms with van der Waals surface area (Å²) in [4.78, 5) is 4.52. The predicted octanol–water partition coefficient (Wildman–Crippen LogP) is 3.91. The number of aromatic nitrogens is 2. The largest absolute Gasteiger partial charge is 0.383 e. The van der Waals surface area contributed by atoms with Crippen molar-refractivity contribution in [3.05, 3.63) is 40.6 Å². The summed E-state index contributed by atoms with van der Waals surface area (Å²) >= 11 is 3.47. The molecule has 0 spiro atoms. The van der Waals surface area contributed by atoms with Crippen LogP contribution in [0.2, 0.25) is 0 Å². The first-order chi connectivity index (χ1) is 9.10. The topological polar surface area (TPSA) is 39.1 Å². The molecule has 1 aromatic heterocycles. The monoisotopic (exact) mass is 323 g/mol. The molecule has 0 saturated carbocycles. The zero-order chi connectivity index (χ0) is 13.8. The predicted molar refractivity (Wildman–Crippen MR) is 81.0 cm³/mol. The van der Waals surface area contributed by atoms with Gasteiger partial charge in [0.2, 0.25) is 5.95 Å². The molecular weight excluding hydrogens is 306 g/mol. The van der Waals surface area contributed by atoms with E-state index in [1.807, 2.05) is 37.4 Å². The van der Waals surface area contributed by atoms with Gasteiger partial charge in [-0.05, 0) is 32.0 Å². The number of ether oxygens (including phenoxy) is 1. The lowest BCUT2D eigenvalue weighted by Gasteiger charge is -2.16. The van der Waals surface area contributed by atoms with Crippen molar-refractivity contribution in [3.8, 4) is 0 Å². The molecule has 1 atom stereocenters. The Bertz CT molecular complexity index is 553. The lowest BCUT2D eigenvalue weighted by Crippen LogP contribution is -2.12. The molecule has 0 aliphatic heterocycles. The van der Waals surface area contributed by atoms with E-state index in [1.165, 1.54) is 0 Å². The number of anilines is 2. The summed E-state index contributed by atoms with van der Waals surface area (Å²) in [6, 6.07) is 8.26. The molecule has 0 aliphatic rings. The van der Waals surface area contributed by atoms with Crippen LogP contribution in [0, 0.1) is 6.92 Å². The summed E-state index contributed by atoms with van der Waals surface area (Å²) in [7, 11) is 1.71.